The number of ether oxygens (including phenoxy) is 1. The summed E-state index contributed by atoms with van der Waals surface area (Å²) in [5.74, 6) is 0.604. The van der Waals surface area contributed by atoms with Crippen molar-refractivity contribution in [3.63, 3.8) is 0 Å². The highest BCUT2D eigenvalue weighted by Crippen LogP contribution is 2.26. The summed E-state index contributed by atoms with van der Waals surface area (Å²) >= 11 is 0. The molecule has 0 radical (unpaired) electrons. The van der Waals surface area contributed by atoms with E-state index >= 15 is 0 Å². The Morgan fingerprint density at radius 2 is 1.78 bits per heavy atom. The number of carbonyl (C=O) groups excluding carboxylic acids is 1. The van der Waals surface area contributed by atoms with E-state index in [1.807, 2.05) is 0 Å². The zero-order chi connectivity index (χ0) is 23.1. The van der Waals surface area contributed by atoms with E-state index in [-0.39, 0.29) is 24.9 Å². The van der Waals surface area contributed by atoms with Crippen molar-refractivity contribution in [3.05, 3.63) is 59.2 Å². The molecule has 0 bridgehead atoms. The summed E-state index contributed by atoms with van der Waals surface area (Å²) in [6, 6.07) is 13.4. The zero-order valence-corrected chi connectivity index (χ0v) is 20.1. The molecule has 1 aliphatic carbocycles. The molecule has 1 aliphatic rings. The van der Waals surface area contributed by atoms with Gasteiger partial charge in [0.1, 0.15) is 5.75 Å². The number of carbonyl (C=O) groups is 1. The van der Waals surface area contributed by atoms with E-state index in [4.69, 9.17) is 4.74 Å². The largest absolute Gasteiger partial charge is 0.497 e. The molecule has 1 amide bonds. The van der Waals surface area contributed by atoms with Crippen molar-refractivity contribution < 1.29 is 17.9 Å². The Kier molecular flexibility index (Phi) is 8.18. The van der Waals surface area contributed by atoms with Crippen molar-refractivity contribution in [2.75, 3.05) is 24.2 Å². The Labute approximate surface area is 192 Å². The molecule has 174 valence electrons. The number of methoxy groups -OCH3 is 1. The number of aryl methyl sites for hydroxylation is 2. The maximum atomic E-state index is 12.6. The van der Waals surface area contributed by atoms with Crippen LogP contribution in [0.4, 0.5) is 5.69 Å². The Hall–Kier alpha value is -2.54. The van der Waals surface area contributed by atoms with Crippen molar-refractivity contribution in [1.29, 1.82) is 0 Å². The number of nitrogens with zero attached hydrogens (tertiary/aromatic N) is 1. The summed E-state index contributed by atoms with van der Waals surface area (Å²) in [6.45, 7) is 2.31. The molecule has 0 aliphatic heterocycles. The highest BCUT2D eigenvalue weighted by atomic mass is 32.2. The van der Waals surface area contributed by atoms with Crippen LogP contribution < -0.4 is 14.4 Å². The highest BCUT2D eigenvalue weighted by molar-refractivity contribution is 7.92. The van der Waals surface area contributed by atoms with Crippen LogP contribution in [0.3, 0.4) is 0 Å². The first-order chi connectivity index (χ1) is 15.3. The first kappa shape index (κ1) is 24.1. The Bertz CT molecular complexity index is 1020. The Morgan fingerprint density at radius 1 is 1.09 bits per heavy atom. The van der Waals surface area contributed by atoms with Crippen LogP contribution in [0, 0.1) is 0 Å². The lowest BCUT2D eigenvalue weighted by Gasteiger charge is -2.23. The molecule has 0 spiro atoms. The molecule has 6 nitrogen and oxygen atoms in total. The van der Waals surface area contributed by atoms with Gasteiger partial charge in [-0.2, -0.15) is 0 Å². The quantitative estimate of drug-likeness (QED) is 0.573. The van der Waals surface area contributed by atoms with E-state index in [2.05, 4.69) is 30.4 Å². The van der Waals surface area contributed by atoms with Gasteiger partial charge in [0.15, 0.2) is 0 Å². The van der Waals surface area contributed by atoms with Crippen LogP contribution in [0.2, 0.25) is 0 Å². The van der Waals surface area contributed by atoms with Gasteiger partial charge in [0.2, 0.25) is 15.9 Å². The average Bonchev–Trinajstić information content (AvgIpc) is 2.79. The SMILES string of the molecule is CCC(NC(=O)CCCN(c1ccc(OC)cc1)S(C)(=O)=O)c1ccc2c(c1)CCCC2. The van der Waals surface area contributed by atoms with Crippen molar-refractivity contribution in [2.45, 2.75) is 57.9 Å². The molecule has 32 heavy (non-hydrogen) atoms. The second-order valence-electron chi connectivity index (χ2n) is 8.40. The number of anilines is 1. The third kappa shape index (κ3) is 6.25. The number of sulfonamides is 1. The van der Waals surface area contributed by atoms with E-state index in [0.717, 1.165) is 24.8 Å². The number of rotatable bonds is 10. The number of amides is 1. The second-order valence-corrected chi connectivity index (χ2v) is 10.3. The smallest absolute Gasteiger partial charge is 0.232 e. The Balaban J connectivity index is 1.58. The van der Waals surface area contributed by atoms with Crippen LogP contribution in [0.5, 0.6) is 5.75 Å². The second kappa shape index (κ2) is 10.9. The van der Waals surface area contributed by atoms with Gasteiger partial charge in [0, 0.05) is 13.0 Å². The van der Waals surface area contributed by atoms with Gasteiger partial charge in [-0.25, -0.2) is 8.42 Å². The predicted octanol–water partition coefficient (Wildman–Crippen LogP) is 4.39. The summed E-state index contributed by atoms with van der Waals surface area (Å²) in [5.41, 5.74) is 4.55. The molecule has 0 aromatic heterocycles. The minimum Gasteiger partial charge on any atom is -0.497 e. The van der Waals surface area contributed by atoms with E-state index in [1.54, 1.807) is 31.4 Å². The Morgan fingerprint density at radius 3 is 2.41 bits per heavy atom. The van der Waals surface area contributed by atoms with Crippen molar-refractivity contribution in [3.8, 4) is 5.75 Å². The lowest BCUT2D eigenvalue weighted by Crippen LogP contribution is -2.33. The van der Waals surface area contributed by atoms with Gasteiger partial charge < -0.3 is 10.1 Å². The number of hydrogen-bond donors (Lipinski definition) is 1. The third-order valence-corrected chi connectivity index (χ3v) is 7.24. The third-order valence-electron chi connectivity index (χ3n) is 6.04. The molecule has 2 aromatic carbocycles. The maximum absolute atomic E-state index is 12.6. The van der Waals surface area contributed by atoms with Crippen LogP contribution in [-0.4, -0.2) is 34.2 Å². The van der Waals surface area contributed by atoms with E-state index in [9.17, 15) is 13.2 Å². The molecule has 0 saturated heterocycles. The van der Waals surface area contributed by atoms with Crippen LogP contribution in [0.15, 0.2) is 42.5 Å². The van der Waals surface area contributed by atoms with Gasteiger partial charge in [0.05, 0.1) is 25.1 Å². The maximum Gasteiger partial charge on any atom is 0.232 e. The number of benzene rings is 2. The molecular formula is C25H34N2O4S. The summed E-state index contributed by atoms with van der Waals surface area (Å²) in [7, 11) is -1.89. The molecule has 7 heteroatoms. The first-order valence-corrected chi connectivity index (χ1v) is 13.2. The molecule has 0 fully saturated rings. The molecule has 1 N–H and O–H groups in total. The minimum absolute atomic E-state index is 0.0256. The summed E-state index contributed by atoms with van der Waals surface area (Å²) in [5, 5.41) is 3.13. The number of fused-ring (bicyclic) bond motifs is 1. The molecule has 1 unspecified atom stereocenters. The minimum atomic E-state index is -3.45. The van der Waals surface area contributed by atoms with Crippen LogP contribution >= 0.6 is 0 Å². The lowest BCUT2D eigenvalue weighted by atomic mass is 9.89. The number of hydrogen-bond acceptors (Lipinski definition) is 4. The first-order valence-electron chi connectivity index (χ1n) is 11.3. The fraction of sp³-hybridized carbons (Fsp3) is 0.480. The van der Waals surface area contributed by atoms with Crippen molar-refractivity contribution in [1.82, 2.24) is 5.32 Å². The van der Waals surface area contributed by atoms with E-state index in [1.165, 1.54) is 34.5 Å². The van der Waals surface area contributed by atoms with Gasteiger partial charge in [-0.05, 0) is 79.5 Å². The lowest BCUT2D eigenvalue weighted by molar-refractivity contribution is -0.121. The summed E-state index contributed by atoms with van der Waals surface area (Å²) in [4.78, 5) is 12.6. The molecule has 2 aromatic rings. The molecule has 1 atom stereocenters. The molecule has 0 saturated carbocycles. The standard InChI is InChI=1S/C25H34N2O4S/c1-4-24(21-12-11-19-8-5-6-9-20(19)18-21)26-25(28)10-7-17-27(32(3,29)30)22-13-15-23(31-2)16-14-22/h11-16,18,24H,4-10,17H2,1-3H3,(H,26,28). The monoisotopic (exact) mass is 458 g/mol. The predicted molar refractivity (Wildman–Crippen MR) is 129 cm³/mol. The fourth-order valence-corrected chi connectivity index (χ4v) is 5.24. The fourth-order valence-electron chi connectivity index (χ4n) is 4.28. The highest BCUT2D eigenvalue weighted by Gasteiger charge is 2.19. The molecule has 3 rings (SSSR count). The average molecular weight is 459 g/mol. The normalized spacial score (nSPS) is 14.3. The van der Waals surface area contributed by atoms with Gasteiger partial charge >= 0.3 is 0 Å². The number of nitrogens with one attached hydrogen (secondary N) is 1. The summed E-state index contributed by atoms with van der Waals surface area (Å²) in [6.07, 6.45) is 7.43. The van der Waals surface area contributed by atoms with Crippen LogP contribution in [0.1, 0.15) is 61.8 Å². The van der Waals surface area contributed by atoms with Gasteiger partial charge in [-0.1, -0.05) is 25.1 Å². The van der Waals surface area contributed by atoms with Gasteiger partial charge in [-0.15, -0.1) is 0 Å². The van der Waals surface area contributed by atoms with Crippen molar-refractivity contribution >= 4 is 21.6 Å². The van der Waals surface area contributed by atoms with Crippen LogP contribution in [0.25, 0.3) is 0 Å². The summed E-state index contributed by atoms with van der Waals surface area (Å²) < 4.78 is 31.0. The van der Waals surface area contributed by atoms with Gasteiger partial charge in [-0.3, -0.25) is 9.10 Å². The van der Waals surface area contributed by atoms with E-state index < -0.39 is 10.0 Å². The van der Waals surface area contributed by atoms with E-state index in [0.29, 0.717) is 17.9 Å². The zero-order valence-electron chi connectivity index (χ0n) is 19.3. The molecular weight excluding hydrogens is 424 g/mol. The van der Waals surface area contributed by atoms with Crippen LogP contribution in [-0.2, 0) is 27.7 Å². The van der Waals surface area contributed by atoms with Crippen molar-refractivity contribution in [2.24, 2.45) is 0 Å². The molecule has 0 heterocycles. The van der Waals surface area contributed by atoms with Gasteiger partial charge in [0.25, 0.3) is 0 Å². The topological polar surface area (TPSA) is 75.7 Å².